The summed E-state index contributed by atoms with van der Waals surface area (Å²) < 4.78 is 8.20. The Labute approximate surface area is 206 Å². The number of ketones is 1. The fraction of sp³-hybridized carbons (Fsp3) is 0.452. The fourth-order valence-corrected chi connectivity index (χ4v) is 4.24. The molecule has 0 saturated heterocycles. The van der Waals surface area contributed by atoms with Crippen LogP contribution in [-0.2, 0) is 6.54 Å². The van der Waals surface area contributed by atoms with Gasteiger partial charge in [0.15, 0.2) is 5.78 Å². The number of hydrogen-bond donors (Lipinski definition) is 0. The molecule has 3 rings (SSSR count). The Hall–Kier alpha value is -2.81. The van der Waals surface area contributed by atoms with Gasteiger partial charge >= 0.3 is 0 Å². The quantitative estimate of drug-likeness (QED) is 0.149. The number of unbranched alkanes of at least 4 members (excludes halogenated alkanes) is 8. The van der Waals surface area contributed by atoms with Crippen LogP contribution in [0.15, 0.2) is 73.1 Å². The Morgan fingerprint density at radius 3 is 1.88 bits per heavy atom. The summed E-state index contributed by atoms with van der Waals surface area (Å²) in [5, 5.41) is 0. The van der Waals surface area contributed by atoms with Crippen LogP contribution in [0.25, 0.3) is 11.1 Å². The standard InChI is InChI=1S/C31H41NO2/c1-2-3-14-31(33)29-17-15-27(16-18-29)28-19-21-30(22-20-28)34-26-13-9-7-5-4-6-8-10-23-32-24-11-12-25-32/h11-12,15-22,24-25H,2-10,13-14,23,26H2,1H3. The van der Waals surface area contributed by atoms with Gasteiger partial charge in [-0.3, -0.25) is 4.79 Å². The van der Waals surface area contributed by atoms with Gasteiger partial charge in [0.1, 0.15) is 5.75 Å². The molecule has 0 saturated carbocycles. The second-order valence-corrected chi connectivity index (χ2v) is 9.23. The Kier molecular flexibility index (Phi) is 11.5. The van der Waals surface area contributed by atoms with Crippen LogP contribution in [0.2, 0.25) is 0 Å². The lowest BCUT2D eigenvalue weighted by atomic mass is 10.0. The summed E-state index contributed by atoms with van der Waals surface area (Å²) in [4.78, 5) is 12.2. The number of aryl methyl sites for hydroxylation is 1. The molecule has 0 N–H and O–H groups in total. The van der Waals surface area contributed by atoms with E-state index in [1.165, 1.54) is 44.9 Å². The molecule has 0 bridgehead atoms. The van der Waals surface area contributed by atoms with Gasteiger partial charge in [0.25, 0.3) is 0 Å². The molecule has 182 valence electrons. The molecule has 0 aliphatic heterocycles. The van der Waals surface area contributed by atoms with Crippen molar-refractivity contribution in [2.45, 2.75) is 84.1 Å². The third-order valence-corrected chi connectivity index (χ3v) is 6.40. The maximum Gasteiger partial charge on any atom is 0.162 e. The van der Waals surface area contributed by atoms with Crippen molar-refractivity contribution < 1.29 is 9.53 Å². The zero-order valence-electron chi connectivity index (χ0n) is 20.9. The average molecular weight is 460 g/mol. The summed E-state index contributed by atoms with van der Waals surface area (Å²) >= 11 is 0. The predicted molar refractivity (Wildman–Crippen MR) is 143 cm³/mol. The van der Waals surface area contributed by atoms with E-state index in [-0.39, 0.29) is 5.78 Å². The van der Waals surface area contributed by atoms with Crippen molar-refractivity contribution in [3.8, 4) is 16.9 Å². The van der Waals surface area contributed by atoms with Gasteiger partial charge < -0.3 is 9.30 Å². The van der Waals surface area contributed by atoms with Crippen LogP contribution < -0.4 is 4.74 Å². The molecule has 3 nitrogen and oxygen atoms in total. The normalized spacial score (nSPS) is 11.0. The molecule has 0 aliphatic carbocycles. The van der Waals surface area contributed by atoms with E-state index in [1.807, 2.05) is 36.4 Å². The van der Waals surface area contributed by atoms with Gasteiger partial charge in [-0.1, -0.05) is 88.3 Å². The van der Waals surface area contributed by atoms with Crippen molar-refractivity contribution in [2.24, 2.45) is 0 Å². The van der Waals surface area contributed by atoms with Crippen molar-refractivity contribution >= 4 is 5.78 Å². The van der Waals surface area contributed by atoms with Crippen LogP contribution in [0.4, 0.5) is 0 Å². The lowest BCUT2D eigenvalue weighted by Gasteiger charge is -2.08. The lowest BCUT2D eigenvalue weighted by molar-refractivity contribution is 0.0980. The number of Topliss-reactive ketones (excluding diaryl/α,β-unsaturated/α-hetero) is 1. The highest BCUT2D eigenvalue weighted by Gasteiger charge is 2.06. The second-order valence-electron chi connectivity index (χ2n) is 9.23. The zero-order valence-corrected chi connectivity index (χ0v) is 20.9. The first-order valence-corrected chi connectivity index (χ1v) is 13.2. The topological polar surface area (TPSA) is 31.2 Å². The molecule has 2 aromatic carbocycles. The first kappa shape index (κ1) is 25.8. The molecule has 0 spiro atoms. The summed E-state index contributed by atoms with van der Waals surface area (Å²) in [7, 11) is 0. The Morgan fingerprint density at radius 1 is 0.706 bits per heavy atom. The maximum absolute atomic E-state index is 12.2. The Bertz CT molecular complexity index is 927. The highest BCUT2D eigenvalue weighted by Crippen LogP contribution is 2.23. The number of carbonyl (C=O) groups excluding carboxylic acids is 1. The molecule has 0 radical (unpaired) electrons. The smallest absolute Gasteiger partial charge is 0.162 e. The highest BCUT2D eigenvalue weighted by atomic mass is 16.5. The number of aromatic nitrogens is 1. The molecule has 1 aromatic heterocycles. The molecule has 0 fully saturated rings. The Morgan fingerprint density at radius 2 is 1.26 bits per heavy atom. The summed E-state index contributed by atoms with van der Waals surface area (Å²) in [6.07, 6.45) is 17.2. The minimum atomic E-state index is 0.237. The minimum Gasteiger partial charge on any atom is -0.494 e. The van der Waals surface area contributed by atoms with E-state index in [0.717, 1.165) is 54.9 Å². The molecule has 0 aliphatic rings. The number of ether oxygens (including phenoxy) is 1. The van der Waals surface area contributed by atoms with Gasteiger partial charge in [-0.05, 0) is 54.7 Å². The van der Waals surface area contributed by atoms with E-state index < -0.39 is 0 Å². The zero-order chi connectivity index (χ0) is 23.8. The first-order valence-electron chi connectivity index (χ1n) is 13.2. The van der Waals surface area contributed by atoms with Crippen LogP contribution in [-0.4, -0.2) is 17.0 Å². The molecular weight excluding hydrogens is 418 g/mol. The number of carbonyl (C=O) groups is 1. The second kappa shape index (κ2) is 15.2. The van der Waals surface area contributed by atoms with E-state index in [0.29, 0.717) is 6.42 Å². The molecule has 1 heterocycles. The van der Waals surface area contributed by atoms with Crippen LogP contribution in [0.1, 0.15) is 87.9 Å². The van der Waals surface area contributed by atoms with E-state index in [4.69, 9.17) is 4.74 Å². The molecule has 34 heavy (non-hydrogen) atoms. The van der Waals surface area contributed by atoms with Gasteiger partial charge in [0.2, 0.25) is 0 Å². The molecule has 3 heteroatoms. The van der Waals surface area contributed by atoms with Gasteiger partial charge in [0, 0.05) is 30.9 Å². The summed E-state index contributed by atoms with van der Waals surface area (Å²) in [6, 6.07) is 20.4. The highest BCUT2D eigenvalue weighted by molar-refractivity contribution is 5.96. The van der Waals surface area contributed by atoms with Crippen molar-refractivity contribution in [3.63, 3.8) is 0 Å². The molecule has 3 aromatic rings. The van der Waals surface area contributed by atoms with Crippen LogP contribution in [0, 0.1) is 0 Å². The summed E-state index contributed by atoms with van der Waals surface area (Å²) in [5.41, 5.74) is 3.08. The monoisotopic (exact) mass is 459 g/mol. The van der Waals surface area contributed by atoms with Gasteiger partial charge in [-0.25, -0.2) is 0 Å². The third-order valence-electron chi connectivity index (χ3n) is 6.40. The van der Waals surface area contributed by atoms with Crippen LogP contribution in [0.3, 0.4) is 0 Å². The Balaban J connectivity index is 1.24. The number of hydrogen-bond acceptors (Lipinski definition) is 2. The first-order chi connectivity index (χ1) is 16.8. The minimum absolute atomic E-state index is 0.237. The number of rotatable bonds is 17. The van der Waals surface area contributed by atoms with E-state index >= 15 is 0 Å². The average Bonchev–Trinajstić information content (AvgIpc) is 3.40. The molecule has 0 amide bonds. The third kappa shape index (κ3) is 9.21. The molecular formula is C31H41NO2. The van der Waals surface area contributed by atoms with Crippen molar-refractivity contribution in [1.82, 2.24) is 4.57 Å². The van der Waals surface area contributed by atoms with Gasteiger partial charge in [-0.2, -0.15) is 0 Å². The molecule has 0 atom stereocenters. The summed E-state index contributed by atoms with van der Waals surface area (Å²) in [6.45, 7) is 4.04. The van der Waals surface area contributed by atoms with E-state index in [9.17, 15) is 4.79 Å². The summed E-state index contributed by atoms with van der Waals surface area (Å²) in [5.74, 6) is 1.17. The number of nitrogens with zero attached hydrogens (tertiary/aromatic N) is 1. The van der Waals surface area contributed by atoms with Crippen LogP contribution in [0.5, 0.6) is 5.75 Å². The van der Waals surface area contributed by atoms with Crippen LogP contribution >= 0.6 is 0 Å². The van der Waals surface area contributed by atoms with E-state index in [2.05, 4.69) is 48.1 Å². The van der Waals surface area contributed by atoms with Gasteiger partial charge in [-0.15, -0.1) is 0 Å². The fourth-order valence-electron chi connectivity index (χ4n) is 4.24. The SMILES string of the molecule is CCCCC(=O)c1ccc(-c2ccc(OCCCCCCCCCCn3cccc3)cc2)cc1. The van der Waals surface area contributed by atoms with E-state index in [1.54, 1.807) is 0 Å². The van der Waals surface area contributed by atoms with Crippen molar-refractivity contribution in [2.75, 3.05) is 6.61 Å². The molecule has 0 unspecified atom stereocenters. The maximum atomic E-state index is 12.2. The van der Waals surface area contributed by atoms with Gasteiger partial charge in [0.05, 0.1) is 6.61 Å². The number of benzene rings is 2. The van der Waals surface area contributed by atoms with Crippen molar-refractivity contribution in [3.05, 3.63) is 78.6 Å². The lowest BCUT2D eigenvalue weighted by Crippen LogP contribution is -1.98. The predicted octanol–water partition coefficient (Wildman–Crippen LogP) is 8.73. The largest absolute Gasteiger partial charge is 0.494 e. The van der Waals surface area contributed by atoms with Crippen molar-refractivity contribution in [1.29, 1.82) is 0 Å².